The molecule has 1 unspecified atom stereocenters. The van der Waals surface area contributed by atoms with E-state index in [-0.39, 0.29) is 11.9 Å². The molecular weight excluding hydrogens is 214 g/mol. The summed E-state index contributed by atoms with van der Waals surface area (Å²) in [7, 11) is 0. The van der Waals surface area contributed by atoms with Gasteiger partial charge in [-0.1, -0.05) is 13.8 Å². The molecule has 0 spiro atoms. The van der Waals surface area contributed by atoms with Crippen LogP contribution in [-0.2, 0) is 0 Å². The summed E-state index contributed by atoms with van der Waals surface area (Å²) in [6, 6.07) is 2.02. The third kappa shape index (κ3) is 4.43. The molecule has 94 valence electrons. The van der Waals surface area contributed by atoms with Crippen molar-refractivity contribution in [1.82, 2.24) is 10.3 Å². The third-order valence-electron chi connectivity index (χ3n) is 2.57. The molecule has 1 atom stereocenters. The van der Waals surface area contributed by atoms with Crippen molar-refractivity contribution < 1.29 is 4.79 Å². The molecule has 2 N–H and O–H groups in total. The van der Waals surface area contributed by atoms with E-state index in [1.807, 2.05) is 19.9 Å². The van der Waals surface area contributed by atoms with E-state index in [2.05, 4.69) is 22.5 Å². The van der Waals surface area contributed by atoms with Crippen molar-refractivity contribution in [1.29, 1.82) is 0 Å². The van der Waals surface area contributed by atoms with Crippen molar-refractivity contribution in [2.75, 3.05) is 11.9 Å². The molecule has 0 bridgehead atoms. The lowest BCUT2D eigenvalue weighted by molar-refractivity contribution is 0.0939. The van der Waals surface area contributed by atoms with Crippen molar-refractivity contribution in [2.45, 2.75) is 39.7 Å². The normalized spacial score (nSPS) is 11.9. The summed E-state index contributed by atoms with van der Waals surface area (Å²) < 4.78 is 0. The van der Waals surface area contributed by atoms with Gasteiger partial charge in [-0.2, -0.15) is 0 Å². The highest BCUT2D eigenvalue weighted by Gasteiger charge is 2.09. The molecule has 0 aliphatic rings. The fourth-order valence-corrected chi connectivity index (χ4v) is 1.34. The maximum Gasteiger partial charge on any atom is 0.253 e. The average Bonchev–Trinajstić information content (AvgIpc) is 2.36. The summed E-state index contributed by atoms with van der Waals surface area (Å²) in [5.41, 5.74) is 1.50. The highest BCUT2D eigenvalue weighted by molar-refractivity contribution is 5.94. The molecule has 1 heterocycles. The number of rotatable bonds is 6. The van der Waals surface area contributed by atoms with Crippen LogP contribution in [0.25, 0.3) is 0 Å². The molecule has 0 aromatic carbocycles. The largest absolute Gasteiger partial charge is 0.384 e. The molecule has 1 rings (SSSR count). The average molecular weight is 235 g/mol. The van der Waals surface area contributed by atoms with Crippen molar-refractivity contribution in [3.63, 3.8) is 0 Å². The molecule has 0 radical (unpaired) electrons. The van der Waals surface area contributed by atoms with E-state index in [0.29, 0.717) is 5.56 Å². The molecule has 4 nitrogen and oxygen atoms in total. The number of pyridine rings is 1. The van der Waals surface area contributed by atoms with E-state index in [1.165, 1.54) is 0 Å². The Morgan fingerprint density at radius 3 is 2.82 bits per heavy atom. The van der Waals surface area contributed by atoms with Crippen LogP contribution in [0.5, 0.6) is 0 Å². The summed E-state index contributed by atoms with van der Waals surface area (Å²) in [5.74, 6) is -0.0630. The maximum absolute atomic E-state index is 11.9. The summed E-state index contributed by atoms with van der Waals surface area (Å²) in [6.07, 6.45) is 5.29. The summed E-state index contributed by atoms with van der Waals surface area (Å²) in [5, 5.41) is 6.14. The van der Waals surface area contributed by atoms with E-state index in [9.17, 15) is 4.79 Å². The second kappa shape index (κ2) is 6.89. The molecule has 0 aliphatic carbocycles. The highest BCUT2D eigenvalue weighted by atomic mass is 16.1. The predicted octanol–water partition coefficient (Wildman–Crippen LogP) is 2.43. The number of hydrogen-bond acceptors (Lipinski definition) is 3. The lowest BCUT2D eigenvalue weighted by Crippen LogP contribution is -2.32. The van der Waals surface area contributed by atoms with Gasteiger partial charge >= 0.3 is 0 Å². The molecular formula is C13H21N3O. The van der Waals surface area contributed by atoms with Crippen LogP contribution in [0.15, 0.2) is 18.5 Å². The molecule has 0 saturated heterocycles. The zero-order chi connectivity index (χ0) is 12.7. The SMILES string of the molecule is CCCNc1cncc(C(=O)NC(C)CC)c1. The first-order valence-corrected chi connectivity index (χ1v) is 6.17. The highest BCUT2D eigenvalue weighted by Crippen LogP contribution is 2.08. The Morgan fingerprint density at radius 2 is 2.18 bits per heavy atom. The number of amides is 1. The number of hydrogen-bond donors (Lipinski definition) is 2. The minimum absolute atomic E-state index is 0.0630. The quantitative estimate of drug-likeness (QED) is 0.796. The van der Waals surface area contributed by atoms with Gasteiger partial charge in [0.25, 0.3) is 5.91 Å². The number of aromatic nitrogens is 1. The smallest absolute Gasteiger partial charge is 0.253 e. The first kappa shape index (κ1) is 13.5. The van der Waals surface area contributed by atoms with Crippen molar-refractivity contribution in [3.05, 3.63) is 24.0 Å². The van der Waals surface area contributed by atoms with Crippen LogP contribution in [0.3, 0.4) is 0 Å². The molecule has 1 aromatic heterocycles. The molecule has 0 aliphatic heterocycles. The molecule has 17 heavy (non-hydrogen) atoms. The second-order valence-electron chi connectivity index (χ2n) is 4.17. The van der Waals surface area contributed by atoms with Crippen molar-refractivity contribution in [3.8, 4) is 0 Å². The number of carbonyl (C=O) groups is 1. The van der Waals surface area contributed by atoms with E-state index in [0.717, 1.165) is 25.1 Å². The van der Waals surface area contributed by atoms with E-state index < -0.39 is 0 Å². The van der Waals surface area contributed by atoms with Gasteiger partial charge in [-0.25, -0.2) is 0 Å². The molecule has 0 saturated carbocycles. The van der Waals surface area contributed by atoms with E-state index in [1.54, 1.807) is 12.4 Å². The van der Waals surface area contributed by atoms with Crippen molar-refractivity contribution in [2.24, 2.45) is 0 Å². The Hall–Kier alpha value is -1.58. The van der Waals surface area contributed by atoms with Crippen molar-refractivity contribution >= 4 is 11.6 Å². The number of carbonyl (C=O) groups excluding carboxylic acids is 1. The van der Waals surface area contributed by atoms with Crippen LogP contribution in [0.4, 0.5) is 5.69 Å². The summed E-state index contributed by atoms with van der Waals surface area (Å²) in [6.45, 7) is 7.02. The lowest BCUT2D eigenvalue weighted by Gasteiger charge is -2.12. The second-order valence-corrected chi connectivity index (χ2v) is 4.17. The van der Waals surface area contributed by atoms with E-state index in [4.69, 9.17) is 0 Å². The first-order chi connectivity index (χ1) is 8.17. The van der Waals surface area contributed by atoms with Crippen LogP contribution in [0.1, 0.15) is 44.0 Å². The summed E-state index contributed by atoms with van der Waals surface area (Å²) >= 11 is 0. The van der Waals surface area contributed by atoms with Crippen LogP contribution in [0.2, 0.25) is 0 Å². The third-order valence-corrected chi connectivity index (χ3v) is 2.57. The minimum Gasteiger partial charge on any atom is -0.384 e. The van der Waals surface area contributed by atoms with Crippen LogP contribution >= 0.6 is 0 Å². The summed E-state index contributed by atoms with van der Waals surface area (Å²) in [4.78, 5) is 15.9. The molecule has 1 amide bonds. The molecule has 1 aromatic rings. The maximum atomic E-state index is 11.9. The fourth-order valence-electron chi connectivity index (χ4n) is 1.34. The zero-order valence-corrected chi connectivity index (χ0v) is 10.8. The van der Waals surface area contributed by atoms with E-state index >= 15 is 0 Å². The minimum atomic E-state index is -0.0630. The van der Waals surface area contributed by atoms with Crippen LogP contribution in [0, 0.1) is 0 Å². The van der Waals surface area contributed by atoms with Gasteiger partial charge < -0.3 is 10.6 Å². The monoisotopic (exact) mass is 235 g/mol. The van der Waals surface area contributed by atoms with Gasteiger partial charge in [-0.05, 0) is 25.8 Å². The Bertz CT molecular complexity index is 365. The predicted molar refractivity (Wildman–Crippen MR) is 70.2 cm³/mol. The standard InChI is InChI=1S/C13H21N3O/c1-4-6-15-12-7-11(8-14-9-12)13(17)16-10(3)5-2/h7-10,15H,4-6H2,1-3H3,(H,16,17). The van der Waals surface area contributed by atoms with Crippen LogP contribution < -0.4 is 10.6 Å². The lowest BCUT2D eigenvalue weighted by atomic mass is 10.2. The Balaban J connectivity index is 2.66. The first-order valence-electron chi connectivity index (χ1n) is 6.17. The number of anilines is 1. The van der Waals surface area contributed by atoms with Crippen LogP contribution in [-0.4, -0.2) is 23.5 Å². The zero-order valence-electron chi connectivity index (χ0n) is 10.8. The topological polar surface area (TPSA) is 54.0 Å². The number of nitrogens with one attached hydrogen (secondary N) is 2. The van der Waals surface area contributed by atoms with Gasteiger partial charge in [-0.15, -0.1) is 0 Å². The van der Waals surface area contributed by atoms with Gasteiger partial charge in [0, 0.05) is 25.0 Å². The van der Waals surface area contributed by atoms with Gasteiger partial charge in [0.2, 0.25) is 0 Å². The fraction of sp³-hybridized carbons (Fsp3) is 0.538. The van der Waals surface area contributed by atoms with Gasteiger partial charge in [-0.3, -0.25) is 9.78 Å². The van der Waals surface area contributed by atoms with Gasteiger partial charge in [0.15, 0.2) is 0 Å². The van der Waals surface area contributed by atoms with Gasteiger partial charge in [0.05, 0.1) is 11.3 Å². The Labute approximate surface area is 103 Å². The molecule has 0 fully saturated rings. The Morgan fingerprint density at radius 1 is 1.41 bits per heavy atom. The number of nitrogens with zero attached hydrogens (tertiary/aromatic N) is 1. The molecule has 4 heteroatoms. The van der Waals surface area contributed by atoms with Gasteiger partial charge in [0.1, 0.15) is 0 Å². The Kier molecular flexibility index (Phi) is 5.46.